The second-order valence-electron chi connectivity index (χ2n) is 3.39. The fourth-order valence-electron chi connectivity index (χ4n) is 1.13. The summed E-state index contributed by atoms with van der Waals surface area (Å²) in [4.78, 5) is -0.300. The van der Waals surface area contributed by atoms with Crippen LogP contribution in [0.15, 0.2) is 29.2 Å². The van der Waals surface area contributed by atoms with Crippen LogP contribution in [0.25, 0.3) is 0 Å². The third-order valence-corrected chi connectivity index (χ3v) is 3.75. The molecule has 0 aliphatic rings. The van der Waals surface area contributed by atoms with Crippen molar-refractivity contribution in [2.24, 2.45) is 0 Å². The van der Waals surface area contributed by atoms with E-state index in [0.717, 1.165) is 6.07 Å². The van der Waals surface area contributed by atoms with Crippen molar-refractivity contribution >= 4 is 9.84 Å². The van der Waals surface area contributed by atoms with E-state index >= 15 is 0 Å². The van der Waals surface area contributed by atoms with Crippen molar-refractivity contribution < 1.29 is 17.9 Å². The molecule has 0 spiro atoms. The van der Waals surface area contributed by atoms with E-state index in [1.165, 1.54) is 25.1 Å². The van der Waals surface area contributed by atoms with E-state index in [0.29, 0.717) is 0 Å². The molecule has 1 N–H and O–H groups in total. The molecule has 1 aromatic rings. The third-order valence-electron chi connectivity index (χ3n) is 1.98. The molecule has 84 valence electrons. The number of hydrogen-bond acceptors (Lipinski definition) is 3. The Balaban J connectivity index is 2.92. The standard InChI is InChI=1S/C10H13FO3S/c1-8(12)6-7-15(13,14)10-5-3-2-4-9(10)11/h2-5,8,12H,6-7H2,1H3. The minimum Gasteiger partial charge on any atom is -0.393 e. The van der Waals surface area contributed by atoms with Crippen LogP contribution in [0.2, 0.25) is 0 Å². The van der Waals surface area contributed by atoms with E-state index < -0.39 is 21.8 Å². The van der Waals surface area contributed by atoms with Gasteiger partial charge in [0.25, 0.3) is 0 Å². The summed E-state index contributed by atoms with van der Waals surface area (Å²) < 4.78 is 36.4. The highest BCUT2D eigenvalue weighted by Crippen LogP contribution is 2.16. The van der Waals surface area contributed by atoms with Crippen molar-refractivity contribution in [1.82, 2.24) is 0 Å². The van der Waals surface area contributed by atoms with Crippen molar-refractivity contribution in [2.75, 3.05) is 5.75 Å². The Morgan fingerprint density at radius 1 is 1.40 bits per heavy atom. The smallest absolute Gasteiger partial charge is 0.181 e. The average Bonchev–Trinajstić information content (AvgIpc) is 2.15. The maximum atomic E-state index is 13.2. The molecule has 0 saturated heterocycles. The molecule has 0 aliphatic heterocycles. The Labute approximate surface area is 88.5 Å². The van der Waals surface area contributed by atoms with E-state index in [-0.39, 0.29) is 17.1 Å². The summed E-state index contributed by atoms with van der Waals surface area (Å²) in [6.45, 7) is 1.50. The number of halogens is 1. The van der Waals surface area contributed by atoms with Crippen LogP contribution in [-0.4, -0.2) is 25.4 Å². The zero-order valence-corrected chi connectivity index (χ0v) is 9.17. The summed E-state index contributed by atoms with van der Waals surface area (Å²) in [5, 5.41) is 8.97. The molecule has 0 amide bonds. The Bertz CT molecular complexity index is 426. The zero-order valence-electron chi connectivity index (χ0n) is 8.35. The van der Waals surface area contributed by atoms with E-state index in [9.17, 15) is 12.8 Å². The number of aliphatic hydroxyl groups is 1. The Morgan fingerprint density at radius 3 is 2.53 bits per heavy atom. The van der Waals surface area contributed by atoms with E-state index in [1.807, 2.05) is 0 Å². The molecule has 1 aromatic carbocycles. The number of sulfone groups is 1. The molecule has 0 saturated carbocycles. The molecule has 0 bridgehead atoms. The summed E-state index contributed by atoms with van der Waals surface area (Å²) in [7, 11) is -3.62. The van der Waals surface area contributed by atoms with E-state index in [1.54, 1.807) is 0 Å². The molecule has 3 nitrogen and oxygen atoms in total. The van der Waals surface area contributed by atoms with Crippen molar-refractivity contribution in [1.29, 1.82) is 0 Å². The Kier molecular flexibility index (Phi) is 3.82. The quantitative estimate of drug-likeness (QED) is 0.853. The van der Waals surface area contributed by atoms with Crippen LogP contribution in [0.1, 0.15) is 13.3 Å². The van der Waals surface area contributed by atoms with Gasteiger partial charge in [-0.05, 0) is 25.5 Å². The first-order valence-corrected chi connectivity index (χ1v) is 6.24. The first kappa shape index (κ1) is 12.1. The molecule has 1 atom stereocenters. The topological polar surface area (TPSA) is 54.4 Å². The van der Waals surface area contributed by atoms with Gasteiger partial charge >= 0.3 is 0 Å². The van der Waals surface area contributed by atoms with Crippen LogP contribution in [0.4, 0.5) is 4.39 Å². The fraction of sp³-hybridized carbons (Fsp3) is 0.400. The highest BCUT2D eigenvalue weighted by Gasteiger charge is 2.18. The number of aliphatic hydroxyl groups excluding tert-OH is 1. The van der Waals surface area contributed by atoms with Crippen molar-refractivity contribution in [2.45, 2.75) is 24.3 Å². The third kappa shape index (κ3) is 3.28. The largest absolute Gasteiger partial charge is 0.393 e. The van der Waals surface area contributed by atoms with Crippen LogP contribution < -0.4 is 0 Å². The second-order valence-corrected chi connectivity index (χ2v) is 5.46. The molecule has 15 heavy (non-hydrogen) atoms. The second kappa shape index (κ2) is 4.72. The predicted octanol–water partition coefficient (Wildman–Crippen LogP) is 1.37. The Hall–Kier alpha value is -0.940. The SMILES string of the molecule is CC(O)CCS(=O)(=O)c1ccccc1F. The molecule has 1 rings (SSSR count). The van der Waals surface area contributed by atoms with Gasteiger partial charge in [0.1, 0.15) is 10.7 Å². The van der Waals surface area contributed by atoms with Crippen molar-refractivity contribution in [3.8, 4) is 0 Å². The van der Waals surface area contributed by atoms with Crippen molar-refractivity contribution in [3.63, 3.8) is 0 Å². The van der Waals surface area contributed by atoms with Gasteiger partial charge in [0.2, 0.25) is 0 Å². The lowest BCUT2D eigenvalue weighted by atomic mass is 10.3. The van der Waals surface area contributed by atoms with E-state index in [2.05, 4.69) is 0 Å². The number of hydrogen-bond donors (Lipinski definition) is 1. The molecule has 0 fully saturated rings. The highest BCUT2D eigenvalue weighted by atomic mass is 32.2. The summed E-state index contributed by atoms with van der Waals surface area (Å²) in [6, 6.07) is 5.24. The predicted molar refractivity (Wildman–Crippen MR) is 54.8 cm³/mol. The van der Waals surface area contributed by atoms with Crippen LogP contribution in [-0.2, 0) is 9.84 Å². The van der Waals surface area contributed by atoms with Gasteiger partial charge in [-0.2, -0.15) is 0 Å². The molecule has 1 unspecified atom stereocenters. The molecular weight excluding hydrogens is 219 g/mol. The first-order valence-electron chi connectivity index (χ1n) is 4.59. The molecule has 5 heteroatoms. The van der Waals surface area contributed by atoms with Gasteiger partial charge in [-0.1, -0.05) is 12.1 Å². The maximum absolute atomic E-state index is 13.2. The lowest BCUT2D eigenvalue weighted by Gasteiger charge is -2.06. The molecular formula is C10H13FO3S. The van der Waals surface area contributed by atoms with Gasteiger partial charge in [-0.25, -0.2) is 12.8 Å². The molecule has 0 aliphatic carbocycles. The monoisotopic (exact) mass is 232 g/mol. The first-order chi connectivity index (χ1) is 6.93. The summed E-state index contributed by atoms with van der Waals surface area (Å²) in [5.41, 5.74) is 0. The Morgan fingerprint density at radius 2 is 2.00 bits per heavy atom. The van der Waals surface area contributed by atoms with Gasteiger partial charge in [0, 0.05) is 0 Å². The highest BCUT2D eigenvalue weighted by molar-refractivity contribution is 7.91. The maximum Gasteiger partial charge on any atom is 0.181 e. The number of rotatable bonds is 4. The minimum absolute atomic E-state index is 0.108. The molecule has 0 aromatic heterocycles. The van der Waals surface area contributed by atoms with Crippen LogP contribution >= 0.6 is 0 Å². The average molecular weight is 232 g/mol. The normalized spacial score (nSPS) is 13.8. The van der Waals surface area contributed by atoms with Crippen molar-refractivity contribution in [3.05, 3.63) is 30.1 Å². The van der Waals surface area contributed by atoms with Crippen LogP contribution in [0.5, 0.6) is 0 Å². The van der Waals surface area contributed by atoms with Gasteiger partial charge in [-0.3, -0.25) is 0 Å². The zero-order chi connectivity index (χ0) is 11.5. The summed E-state index contributed by atoms with van der Waals surface area (Å²) >= 11 is 0. The van der Waals surface area contributed by atoms with Gasteiger partial charge in [-0.15, -0.1) is 0 Å². The van der Waals surface area contributed by atoms with Crippen LogP contribution in [0.3, 0.4) is 0 Å². The fourth-order valence-corrected chi connectivity index (χ4v) is 2.65. The lowest BCUT2D eigenvalue weighted by Crippen LogP contribution is -2.13. The van der Waals surface area contributed by atoms with Gasteiger partial charge in [0.05, 0.1) is 11.9 Å². The lowest BCUT2D eigenvalue weighted by molar-refractivity contribution is 0.191. The number of benzene rings is 1. The van der Waals surface area contributed by atoms with Gasteiger partial charge < -0.3 is 5.11 Å². The summed E-state index contributed by atoms with van der Waals surface area (Å²) in [6.07, 6.45) is -0.594. The minimum atomic E-state index is -3.62. The summed E-state index contributed by atoms with van der Waals surface area (Å²) in [5.74, 6) is -0.992. The van der Waals surface area contributed by atoms with Gasteiger partial charge in [0.15, 0.2) is 9.84 Å². The molecule has 0 heterocycles. The molecule has 0 radical (unpaired) electrons. The van der Waals surface area contributed by atoms with Crippen LogP contribution in [0, 0.1) is 5.82 Å². The van der Waals surface area contributed by atoms with E-state index in [4.69, 9.17) is 5.11 Å².